The molecule has 0 saturated carbocycles. The van der Waals surface area contributed by atoms with Crippen LogP contribution < -0.4 is 5.32 Å². The van der Waals surface area contributed by atoms with Crippen LogP contribution >= 0.6 is 0 Å². The topological polar surface area (TPSA) is 35.5 Å². The zero-order chi connectivity index (χ0) is 11.0. The molecular formula is C11H26N2O. The molecule has 86 valence electrons. The van der Waals surface area contributed by atoms with Crippen LogP contribution in [0.5, 0.6) is 0 Å². The van der Waals surface area contributed by atoms with E-state index in [4.69, 9.17) is 5.11 Å². The summed E-state index contributed by atoms with van der Waals surface area (Å²) in [4.78, 5) is 2.39. The van der Waals surface area contributed by atoms with Gasteiger partial charge in [-0.25, -0.2) is 0 Å². The van der Waals surface area contributed by atoms with Gasteiger partial charge < -0.3 is 10.0 Å². The van der Waals surface area contributed by atoms with Crippen LogP contribution in [0.2, 0.25) is 0 Å². The molecule has 1 heterocycles. The van der Waals surface area contributed by atoms with Crippen LogP contribution in [-0.2, 0) is 0 Å². The quantitative estimate of drug-likeness (QED) is 0.631. The summed E-state index contributed by atoms with van der Waals surface area (Å²) < 4.78 is 0. The van der Waals surface area contributed by atoms with Crippen molar-refractivity contribution in [1.29, 1.82) is 0 Å². The van der Waals surface area contributed by atoms with Crippen molar-refractivity contribution in [3.8, 4) is 0 Å². The van der Waals surface area contributed by atoms with E-state index < -0.39 is 0 Å². The Bertz CT molecular complexity index is 126. The number of nitrogens with zero attached hydrogens (tertiary/aromatic N) is 1. The SMILES string of the molecule is CC(C)(C)NCO.CN1CCCCC1. The van der Waals surface area contributed by atoms with Gasteiger partial charge in [-0.15, -0.1) is 0 Å². The minimum Gasteiger partial charge on any atom is -0.381 e. The van der Waals surface area contributed by atoms with Crippen molar-refractivity contribution < 1.29 is 5.11 Å². The highest BCUT2D eigenvalue weighted by Gasteiger charge is 2.05. The van der Waals surface area contributed by atoms with E-state index in [0.29, 0.717) is 0 Å². The summed E-state index contributed by atoms with van der Waals surface area (Å²) in [6.45, 7) is 8.71. The minimum atomic E-state index is 0.0503. The van der Waals surface area contributed by atoms with Crippen molar-refractivity contribution in [1.82, 2.24) is 10.2 Å². The first-order chi connectivity index (χ1) is 6.45. The van der Waals surface area contributed by atoms with E-state index in [1.54, 1.807) is 0 Å². The lowest BCUT2D eigenvalue weighted by Crippen LogP contribution is -2.36. The normalized spacial score (nSPS) is 18.6. The highest BCUT2D eigenvalue weighted by Crippen LogP contribution is 2.04. The molecule has 0 amide bonds. The third-order valence-electron chi connectivity index (χ3n) is 2.19. The number of rotatable bonds is 1. The van der Waals surface area contributed by atoms with E-state index in [-0.39, 0.29) is 12.3 Å². The molecule has 2 N–H and O–H groups in total. The molecule has 0 aliphatic carbocycles. The van der Waals surface area contributed by atoms with Crippen LogP contribution in [0.15, 0.2) is 0 Å². The Hall–Kier alpha value is -0.120. The van der Waals surface area contributed by atoms with E-state index >= 15 is 0 Å². The standard InChI is InChI=1S/C6H13N.C5H13NO/c1-7-5-3-2-4-6-7;1-5(2,3)6-4-7/h2-6H2,1H3;6-7H,4H2,1-3H3. The Labute approximate surface area is 88.5 Å². The number of piperidine rings is 1. The van der Waals surface area contributed by atoms with Gasteiger partial charge in [-0.05, 0) is 53.8 Å². The molecule has 0 atom stereocenters. The zero-order valence-electron chi connectivity index (χ0n) is 10.1. The molecule has 3 heteroatoms. The molecule has 3 nitrogen and oxygen atoms in total. The van der Waals surface area contributed by atoms with Crippen molar-refractivity contribution in [3.63, 3.8) is 0 Å². The summed E-state index contributed by atoms with van der Waals surface area (Å²) >= 11 is 0. The van der Waals surface area contributed by atoms with E-state index in [9.17, 15) is 0 Å². The Kier molecular flexibility index (Phi) is 7.15. The highest BCUT2D eigenvalue weighted by atomic mass is 16.3. The van der Waals surface area contributed by atoms with Crippen molar-refractivity contribution in [2.24, 2.45) is 0 Å². The number of aliphatic hydroxyl groups is 1. The van der Waals surface area contributed by atoms with E-state index in [1.807, 2.05) is 20.8 Å². The predicted octanol–water partition coefficient (Wildman–Crippen LogP) is 1.43. The lowest BCUT2D eigenvalue weighted by Gasteiger charge is -2.20. The summed E-state index contributed by atoms with van der Waals surface area (Å²) in [5, 5.41) is 11.1. The molecule has 0 bridgehead atoms. The fourth-order valence-electron chi connectivity index (χ4n) is 1.29. The van der Waals surface area contributed by atoms with Crippen LogP contribution in [0, 0.1) is 0 Å². The Morgan fingerprint density at radius 1 is 1.14 bits per heavy atom. The second-order valence-corrected chi connectivity index (χ2v) is 4.95. The monoisotopic (exact) mass is 202 g/mol. The minimum absolute atomic E-state index is 0.0503. The van der Waals surface area contributed by atoms with Crippen molar-refractivity contribution in [3.05, 3.63) is 0 Å². The Morgan fingerprint density at radius 2 is 1.64 bits per heavy atom. The van der Waals surface area contributed by atoms with E-state index in [1.165, 1.54) is 32.4 Å². The fourth-order valence-corrected chi connectivity index (χ4v) is 1.29. The van der Waals surface area contributed by atoms with Gasteiger partial charge in [0.05, 0.1) is 6.73 Å². The molecule has 0 aromatic carbocycles. The fraction of sp³-hybridized carbons (Fsp3) is 1.00. The van der Waals surface area contributed by atoms with Crippen LogP contribution in [0.4, 0.5) is 0 Å². The van der Waals surface area contributed by atoms with Crippen LogP contribution in [0.1, 0.15) is 40.0 Å². The molecular weight excluding hydrogens is 176 g/mol. The van der Waals surface area contributed by atoms with E-state index in [2.05, 4.69) is 17.3 Å². The maximum absolute atomic E-state index is 8.29. The largest absolute Gasteiger partial charge is 0.381 e. The number of aliphatic hydroxyl groups excluding tert-OH is 1. The van der Waals surface area contributed by atoms with Gasteiger partial charge in [0.25, 0.3) is 0 Å². The molecule has 1 fully saturated rings. The lowest BCUT2D eigenvalue weighted by atomic mass is 10.1. The highest BCUT2D eigenvalue weighted by molar-refractivity contribution is 4.66. The smallest absolute Gasteiger partial charge is 0.0935 e. The van der Waals surface area contributed by atoms with Crippen LogP contribution in [0.25, 0.3) is 0 Å². The first-order valence-electron chi connectivity index (χ1n) is 5.50. The van der Waals surface area contributed by atoms with Crippen molar-refractivity contribution in [2.45, 2.75) is 45.6 Å². The molecule has 0 aromatic heterocycles. The summed E-state index contributed by atoms with van der Waals surface area (Å²) in [6, 6.07) is 0. The van der Waals surface area contributed by atoms with E-state index in [0.717, 1.165) is 0 Å². The number of nitrogens with one attached hydrogen (secondary N) is 1. The molecule has 0 radical (unpaired) electrons. The summed E-state index contributed by atoms with van der Waals surface area (Å²) in [7, 11) is 2.19. The Balaban J connectivity index is 0.000000241. The van der Waals surface area contributed by atoms with Gasteiger partial charge in [0, 0.05) is 5.54 Å². The summed E-state index contributed by atoms with van der Waals surface area (Å²) in [5.74, 6) is 0. The predicted molar refractivity (Wildman–Crippen MR) is 61.3 cm³/mol. The number of hydrogen-bond acceptors (Lipinski definition) is 3. The third kappa shape index (κ3) is 9.96. The van der Waals surface area contributed by atoms with Crippen LogP contribution in [0.3, 0.4) is 0 Å². The second kappa shape index (κ2) is 7.21. The van der Waals surface area contributed by atoms with Gasteiger partial charge in [0.1, 0.15) is 0 Å². The maximum atomic E-state index is 8.29. The second-order valence-electron chi connectivity index (χ2n) is 4.95. The summed E-state index contributed by atoms with van der Waals surface area (Å²) in [6.07, 6.45) is 4.28. The van der Waals surface area contributed by atoms with Gasteiger partial charge in [-0.1, -0.05) is 6.42 Å². The summed E-state index contributed by atoms with van der Waals surface area (Å²) in [5.41, 5.74) is 0.0503. The van der Waals surface area contributed by atoms with Gasteiger partial charge in [0.2, 0.25) is 0 Å². The third-order valence-corrected chi connectivity index (χ3v) is 2.19. The first-order valence-corrected chi connectivity index (χ1v) is 5.50. The van der Waals surface area contributed by atoms with Gasteiger partial charge in [-0.3, -0.25) is 5.32 Å². The maximum Gasteiger partial charge on any atom is 0.0935 e. The number of hydrogen-bond donors (Lipinski definition) is 2. The number of likely N-dealkylation sites (tertiary alicyclic amines) is 1. The molecule has 0 unspecified atom stereocenters. The average Bonchev–Trinajstić information content (AvgIpc) is 2.04. The average molecular weight is 202 g/mol. The lowest BCUT2D eigenvalue weighted by molar-refractivity contribution is 0.218. The van der Waals surface area contributed by atoms with Crippen LogP contribution in [-0.4, -0.2) is 42.4 Å². The molecule has 1 aliphatic rings. The van der Waals surface area contributed by atoms with Crippen molar-refractivity contribution >= 4 is 0 Å². The van der Waals surface area contributed by atoms with Gasteiger partial charge >= 0.3 is 0 Å². The molecule has 0 aromatic rings. The molecule has 1 aliphatic heterocycles. The molecule has 1 saturated heterocycles. The molecule has 1 rings (SSSR count). The molecule has 0 spiro atoms. The van der Waals surface area contributed by atoms with Gasteiger partial charge in [-0.2, -0.15) is 0 Å². The first kappa shape index (κ1) is 13.9. The van der Waals surface area contributed by atoms with Gasteiger partial charge in [0.15, 0.2) is 0 Å². The zero-order valence-corrected chi connectivity index (χ0v) is 10.1. The molecule has 14 heavy (non-hydrogen) atoms. The van der Waals surface area contributed by atoms with Crippen molar-refractivity contribution in [2.75, 3.05) is 26.9 Å². The Morgan fingerprint density at radius 3 is 1.79 bits per heavy atom.